The van der Waals surface area contributed by atoms with Crippen LogP contribution in [0, 0.1) is 10.8 Å². The lowest BCUT2D eigenvalue weighted by Crippen LogP contribution is -2.65. The Labute approximate surface area is 85.1 Å². The van der Waals surface area contributed by atoms with Crippen molar-refractivity contribution >= 4 is 5.78 Å². The maximum absolute atomic E-state index is 12.3. The Hall–Kier alpha value is -0.410. The standard InChI is InChI=1S/C11H18N2O/c1-10-5-12-3-4-13(6-10)8-11(2,7-12)9(10)14/h3-8H2,1-2H3. The Morgan fingerprint density at radius 1 is 0.929 bits per heavy atom. The summed E-state index contributed by atoms with van der Waals surface area (Å²) in [6.45, 7) is 10.5. The molecular weight excluding hydrogens is 176 g/mol. The predicted molar refractivity (Wildman–Crippen MR) is 54.1 cm³/mol. The summed E-state index contributed by atoms with van der Waals surface area (Å²) >= 11 is 0. The van der Waals surface area contributed by atoms with E-state index < -0.39 is 0 Å². The van der Waals surface area contributed by atoms with Gasteiger partial charge in [-0.15, -0.1) is 0 Å². The Bertz CT molecular complexity index is 260. The fourth-order valence-corrected chi connectivity index (χ4v) is 3.80. The fraction of sp³-hybridized carbons (Fsp3) is 0.909. The van der Waals surface area contributed by atoms with E-state index in [4.69, 9.17) is 0 Å². The van der Waals surface area contributed by atoms with Gasteiger partial charge in [-0.1, -0.05) is 13.8 Å². The summed E-state index contributed by atoms with van der Waals surface area (Å²) in [5, 5.41) is 0. The molecule has 0 aromatic heterocycles. The molecule has 4 saturated heterocycles. The molecule has 4 aliphatic rings. The number of rotatable bonds is 0. The molecule has 4 fully saturated rings. The molecule has 0 atom stereocenters. The normalized spacial score (nSPS) is 56.3. The molecule has 0 radical (unpaired) electrons. The van der Waals surface area contributed by atoms with E-state index in [9.17, 15) is 4.79 Å². The minimum atomic E-state index is -0.0816. The highest BCUT2D eigenvalue weighted by Gasteiger charge is 2.56. The summed E-state index contributed by atoms with van der Waals surface area (Å²) in [6.07, 6.45) is 0. The number of carbonyl (C=O) groups excluding carboxylic acids is 1. The minimum absolute atomic E-state index is 0.0816. The number of hydrogen-bond acceptors (Lipinski definition) is 3. The van der Waals surface area contributed by atoms with Crippen LogP contribution in [0.4, 0.5) is 0 Å². The van der Waals surface area contributed by atoms with Crippen LogP contribution in [0.5, 0.6) is 0 Å². The number of nitrogens with zero attached hydrogens (tertiary/aromatic N) is 2. The van der Waals surface area contributed by atoms with Crippen molar-refractivity contribution in [2.24, 2.45) is 10.8 Å². The van der Waals surface area contributed by atoms with Gasteiger partial charge in [0, 0.05) is 39.3 Å². The lowest BCUT2D eigenvalue weighted by atomic mass is 9.65. The van der Waals surface area contributed by atoms with E-state index in [1.807, 2.05) is 0 Å². The predicted octanol–water partition coefficient (Wildman–Crippen LogP) is 0.213. The van der Waals surface area contributed by atoms with Crippen LogP contribution in [-0.4, -0.2) is 54.9 Å². The highest BCUT2D eigenvalue weighted by atomic mass is 16.1. The largest absolute Gasteiger partial charge is 0.300 e. The summed E-state index contributed by atoms with van der Waals surface area (Å²) in [5.41, 5.74) is -0.163. The monoisotopic (exact) mass is 194 g/mol. The van der Waals surface area contributed by atoms with Gasteiger partial charge in [0.05, 0.1) is 10.8 Å². The fourth-order valence-electron chi connectivity index (χ4n) is 3.80. The van der Waals surface area contributed by atoms with Crippen molar-refractivity contribution in [3.05, 3.63) is 0 Å². The molecule has 0 aromatic carbocycles. The van der Waals surface area contributed by atoms with Crippen molar-refractivity contribution in [1.82, 2.24) is 9.80 Å². The lowest BCUT2D eigenvalue weighted by Gasteiger charge is -2.51. The van der Waals surface area contributed by atoms with Gasteiger partial charge in [0.15, 0.2) is 0 Å². The van der Waals surface area contributed by atoms with Gasteiger partial charge < -0.3 is 0 Å². The number of carbonyl (C=O) groups is 1. The first-order valence-electron chi connectivity index (χ1n) is 5.52. The van der Waals surface area contributed by atoms with Gasteiger partial charge in [-0.25, -0.2) is 0 Å². The van der Waals surface area contributed by atoms with Crippen molar-refractivity contribution in [1.29, 1.82) is 0 Å². The molecule has 3 nitrogen and oxygen atoms in total. The number of hydrogen-bond donors (Lipinski definition) is 0. The van der Waals surface area contributed by atoms with Crippen LogP contribution in [-0.2, 0) is 4.79 Å². The zero-order chi connectivity index (χ0) is 9.97. The van der Waals surface area contributed by atoms with Crippen LogP contribution >= 0.6 is 0 Å². The molecule has 4 rings (SSSR count). The second kappa shape index (κ2) is 2.39. The Balaban J connectivity index is 2.09. The molecular formula is C11H18N2O. The first-order chi connectivity index (χ1) is 6.52. The third-order valence-electron chi connectivity index (χ3n) is 4.12. The Morgan fingerprint density at radius 2 is 1.29 bits per heavy atom. The molecule has 0 unspecified atom stereocenters. The average Bonchev–Trinajstić information content (AvgIpc) is 2.28. The van der Waals surface area contributed by atoms with Gasteiger partial charge in [-0.3, -0.25) is 14.6 Å². The van der Waals surface area contributed by atoms with Crippen LogP contribution in [0.25, 0.3) is 0 Å². The second-order valence-electron chi connectivity index (χ2n) is 5.87. The SMILES string of the molecule is CC12CN3CCN(C1)CC(C)(C3)C2=O. The lowest BCUT2D eigenvalue weighted by molar-refractivity contribution is -0.152. The first-order valence-corrected chi connectivity index (χ1v) is 5.52. The quantitative estimate of drug-likeness (QED) is 0.551. The summed E-state index contributed by atoms with van der Waals surface area (Å²) in [4.78, 5) is 17.3. The van der Waals surface area contributed by atoms with Gasteiger partial charge in [-0.2, -0.15) is 0 Å². The molecule has 0 spiro atoms. The van der Waals surface area contributed by atoms with Crippen LogP contribution in [0.3, 0.4) is 0 Å². The van der Waals surface area contributed by atoms with E-state index in [-0.39, 0.29) is 10.8 Å². The molecule has 0 aliphatic carbocycles. The van der Waals surface area contributed by atoms with Gasteiger partial charge in [0.25, 0.3) is 0 Å². The molecule has 4 heterocycles. The summed E-state index contributed by atoms with van der Waals surface area (Å²) in [7, 11) is 0. The molecule has 0 N–H and O–H groups in total. The van der Waals surface area contributed by atoms with Gasteiger partial charge in [-0.05, 0) is 0 Å². The molecule has 78 valence electrons. The van der Waals surface area contributed by atoms with Gasteiger partial charge >= 0.3 is 0 Å². The zero-order valence-electron chi connectivity index (χ0n) is 9.05. The maximum Gasteiger partial charge on any atom is 0.149 e. The third-order valence-corrected chi connectivity index (χ3v) is 4.12. The van der Waals surface area contributed by atoms with Gasteiger partial charge in [0.1, 0.15) is 5.78 Å². The Morgan fingerprint density at radius 3 is 1.64 bits per heavy atom. The van der Waals surface area contributed by atoms with Crippen molar-refractivity contribution in [2.75, 3.05) is 39.3 Å². The van der Waals surface area contributed by atoms with Crippen molar-refractivity contribution < 1.29 is 4.79 Å². The molecule has 0 saturated carbocycles. The number of fused-ring (bicyclic) bond motifs is 1. The molecule has 4 aliphatic heterocycles. The maximum atomic E-state index is 12.3. The summed E-state index contributed by atoms with van der Waals surface area (Å²) in [5.74, 6) is 0.513. The van der Waals surface area contributed by atoms with Crippen molar-refractivity contribution in [2.45, 2.75) is 13.8 Å². The van der Waals surface area contributed by atoms with Crippen LogP contribution < -0.4 is 0 Å². The molecule has 0 amide bonds. The third kappa shape index (κ3) is 0.971. The van der Waals surface area contributed by atoms with Crippen LogP contribution in [0.1, 0.15) is 13.8 Å². The van der Waals surface area contributed by atoms with Gasteiger partial charge in [0.2, 0.25) is 0 Å². The van der Waals surface area contributed by atoms with E-state index in [1.165, 1.54) is 0 Å². The van der Waals surface area contributed by atoms with Crippen molar-refractivity contribution in [3.8, 4) is 0 Å². The second-order valence-corrected chi connectivity index (χ2v) is 5.87. The average molecular weight is 194 g/mol. The summed E-state index contributed by atoms with van der Waals surface area (Å²) in [6, 6.07) is 0. The van der Waals surface area contributed by atoms with E-state index in [0.29, 0.717) is 5.78 Å². The van der Waals surface area contributed by atoms with Crippen LogP contribution in [0.15, 0.2) is 0 Å². The molecule has 0 aromatic rings. The number of Topliss-reactive ketones (excluding diaryl/α,β-unsaturated/α-hetero) is 1. The van der Waals surface area contributed by atoms with E-state index >= 15 is 0 Å². The van der Waals surface area contributed by atoms with E-state index in [2.05, 4.69) is 23.6 Å². The van der Waals surface area contributed by atoms with E-state index in [0.717, 1.165) is 39.3 Å². The minimum Gasteiger partial charge on any atom is -0.300 e. The number of piperidine rings is 2. The topological polar surface area (TPSA) is 23.6 Å². The number of ketones is 1. The smallest absolute Gasteiger partial charge is 0.149 e. The molecule has 3 heteroatoms. The molecule has 14 heavy (non-hydrogen) atoms. The zero-order valence-corrected chi connectivity index (χ0v) is 9.05. The summed E-state index contributed by atoms with van der Waals surface area (Å²) < 4.78 is 0. The van der Waals surface area contributed by atoms with Crippen LogP contribution in [0.2, 0.25) is 0 Å². The Kier molecular flexibility index (Phi) is 1.51. The van der Waals surface area contributed by atoms with Crippen molar-refractivity contribution in [3.63, 3.8) is 0 Å². The van der Waals surface area contributed by atoms with E-state index in [1.54, 1.807) is 0 Å². The molecule has 4 bridgehead atoms. The first kappa shape index (κ1) is 8.86. The highest BCUT2D eigenvalue weighted by Crippen LogP contribution is 2.43. The highest BCUT2D eigenvalue weighted by molar-refractivity contribution is 5.92.